The molecule has 2 atom stereocenters. The van der Waals surface area contributed by atoms with E-state index in [4.69, 9.17) is 4.74 Å². The molecule has 1 N–H and O–H groups in total. The van der Waals surface area contributed by atoms with E-state index in [1.807, 2.05) is 30.3 Å². The SMILES string of the molecule is N#Cc1ccc2c(c1)Oc1ccccc1N2C12CCCC(CC1)N2C(=O)O. The highest BCUT2D eigenvalue weighted by Crippen LogP contribution is 2.56. The Hall–Kier alpha value is -3.20. The number of ether oxygens (including phenoxy) is 1. The summed E-state index contributed by atoms with van der Waals surface area (Å²) in [7, 11) is 0. The van der Waals surface area contributed by atoms with Gasteiger partial charge in [-0.15, -0.1) is 0 Å². The Morgan fingerprint density at radius 3 is 2.78 bits per heavy atom. The van der Waals surface area contributed by atoms with Gasteiger partial charge in [0.1, 0.15) is 5.66 Å². The smallest absolute Gasteiger partial charge is 0.409 e. The minimum atomic E-state index is -0.864. The average molecular weight is 361 g/mol. The van der Waals surface area contributed by atoms with E-state index in [0.717, 1.165) is 43.5 Å². The molecule has 2 fully saturated rings. The van der Waals surface area contributed by atoms with Crippen molar-refractivity contribution in [2.45, 2.75) is 43.8 Å². The van der Waals surface area contributed by atoms with E-state index in [0.29, 0.717) is 17.1 Å². The number of nitriles is 1. The van der Waals surface area contributed by atoms with Crippen LogP contribution in [-0.2, 0) is 0 Å². The Balaban J connectivity index is 1.74. The van der Waals surface area contributed by atoms with Gasteiger partial charge in [-0.3, -0.25) is 4.90 Å². The molecule has 2 bridgehead atoms. The molecule has 2 saturated heterocycles. The van der Waals surface area contributed by atoms with E-state index in [1.165, 1.54) is 0 Å². The lowest BCUT2D eigenvalue weighted by Gasteiger charge is -2.52. The zero-order valence-electron chi connectivity index (χ0n) is 14.8. The number of hydrogen-bond donors (Lipinski definition) is 1. The molecule has 0 aromatic heterocycles. The van der Waals surface area contributed by atoms with Crippen molar-refractivity contribution >= 4 is 17.5 Å². The quantitative estimate of drug-likeness (QED) is 0.787. The molecule has 2 aromatic carbocycles. The van der Waals surface area contributed by atoms with E-state index in [1.54, 1.807) is 17.0 Å². The van der Waals surface area contributed by atoms with Crippen molar-refractivity contribution in [2.75, 3.05) is 4.90 Å². The second-order valence-corrected chi connectivity index (χ2v) is 7.42. The minimum absolute atomic E-state index is 0.0630. The van der Waals surface area contributed by atoms with Crippen molar-refractivity contribution in [1.29, 1.82) is 5.26 Å². The molecule has 6 nitrogen and oxygen atoms in total. The molecule has 27 heavy (non-hydrogen) atoms. The normalized spacial score (nSPS) is 25.2. The fourth-order valence-corrected chi connectivity index (χ4v) is 5.07. The van der Waals surface area contributed by atoms with Gasteiger partial charge in [0, 0.05) is 12.1 Å². The summed E-state index contributed by atoms with van der Waals surface area (Å²) in [6.07, 6.45) is 3.50. The Bertz CT molecular complexity index is 979. The number of hydrogen-bond acceptors (Lipinski definition) is 4. The van der Waals surface area contributed by atoms with Crippen molar-refractivity contribution in [1.82, 2.24) is 4.90 Å². The van der Waals surface area contributed by atoms with Crippen molar-refractivity contribution in [3.05, 3.63) is 48.0 Å². The first-order valence-electron chi connectivity index (χ1n) is 9.27. The highest BCUT2D eigenvalue weighted by Gasteiger charge is 2.56. The highest BCUT2D eigenvalue weighted by atomic mass is 16.5. The lowest BCUT2D eigenvalue weighted by atomic mass is 9.93. The molecule has 5 rings (SSSR count). The molecular weight excluding hydrogens is 342 g/mol. The Morgan fingerprint density at radius 2 is 1.96 bits per heavy atom. The van der Waals surface area contributed by atoms with E-state index in [2.05, 4.69) is 11.0 Å². The predicted octanol–water partition coefficient (Wildman–Crippen LogP) is 4.82. The highest BCUT2D eigenvalue weighted by molar-refractivity contribution is 5.82. The molecule has 3 aliphatic rings. The summed E-state index contributed by atoms with van der Waals surface area (Å²) < 4.78 is 6.08. The maximum atomic E-state index is 12.2. The average Bonchev–Trinajstić information content (AvgIpc) is 2.92. The summed E-state index contributed by atoms with van der Waals surface area (Å²) in [5, 5.41) is 19.3. The predicted molar refractivity (Wildman–Crippen MR) is 99.3 cm³/mol. The summed E-state index contributed by atoms with van der Waals surface area (Å²) in [4.78, 5) is 16.0. The van der Waals surface area contributed by atoms with Gasteiger partial charge < -0.3 is 14.7 Å². The number of anilines is 2. The largest absolute Gasteiger partial charge is 0.465 e. The number of rotatable bonds is 1. The molecule has 3 aliphatic heterocycles. The van der Waals surface area contributed by atoms with Crippen LogP contribution in [0.4, 0.5) is 16.2 Å². The number of benzene rings is 2. The summed E-state index contributed by atoms with van der Waals surface area (Å²) >= 11 is 0. The van der Waals surface area contributed by atoms with Gasteiger partial charge >= 0.3 is 6.09 Å². The third-order valence-corrected chi connectivity index (χ3v) is 6.08. The van der Waals surface area contributed by atoms with Gasteiger partial charge in [-0.05, 0) is 56.4 Å². The zero-order valence-corrected chi connectivity index (χ0v) is 14.8. The second kappa shape index (κ2) is 5.65. The molecular formula is C21H19N3O3. The van der Waals surface area contributed by atoms with Crippen LogP contribution in [0.25, 0.3) is 0 Å². The second-order valence-electron chi connectivity index (χ2n) is 7.42. The minimum Gasteiger partial charge on any atom is -0.465 e. The number of amides is 1. The first-order valence-corrected chi connectivity index (χ1v) is 9.27. The lowest BCUT2D eigenvalue weighted by molar-refractivity contribution is 0.0544. The van der Waals surface area contributed by atoms with Crippen LogP contribution >= 0.6 is 0 Å². The summed E-state index contributed by atoms with van der Waals surface area (Å²) in [5.41, 5.74) is 1.61. The van der Waals surface area contributed by atoms with Crippen LogP contribution in [0.5, 0.6) is 11.5 Å². The first-order chi connectivity index (χ1) is 13.1. The van der Waals surface area contributed by atoms with Crippen LogP contribution < -0.4 is 9.64 Å². The van der Waals surface area contributed by atoms with Gasteiger partial charge in [-0.1, -0.05) is 12.1 Å². The monoisotopic (exact) mass is 361 g/mol. The molecule has 1 amide bonds. The molecule has 2 aromatic rings. The van der Waals surface area contributed by atoms with Crippen molar-refractivity contribution < 1.29 is 14.6 Å². The molecule has 2 unspecified atom stereocenters. The number of carboxylic acid groups (broad SMARTS) is 1. The number of carbonyl (C=O) groups is 1. The van der Waals surface area contributed by atoms with Gasteiger partial charge in [-0.2, -0.15) is 5.26 Å². The van der Waals surface area contributed by atoms with Crippen LogP contribution in [-0.4, -0.2) is 27.8 Å². The van der Waals surface area contributed by atoms with E-state index in [9.17, 15) is 15.2 Å². The zero-order chi connectivity index (χ0) is 18.6. The number of piperidine rings is 1. The fraction of sp³-hybridized carbons (Fsp3) is 0.333. The topological polar surface area (TPSA) is 76.8 Å². The van der Waals surface area contributed by atoms with Gasteiger partial charge in [0.2, 0.25) is 0 Å². The van der Waals surface area contributed by atoms with Gasteiger partial charge in [0.15, 0.2) is 11.5 Å². The van der Waals surface area contributed by atoms with E-state index < -0.39 is 11.8 Å². The molecule has 0 spiro atoms. The fourth-order valence-electron chi connectivity index (χ4n) is 5.07. The van der Waals surface area contributed by atoms with Crippen molar-refractivity contribution in [3.8, 4) is 17.6 Å². The standard InChI is InChI=1S/C21H19N3O3/c22-13-14-7-8-17-19(12-14)27-18-6-2-1-5-16(18)24(17)21-10-3-4-15(9-11-21)23(21)20(25)26/h1-2,5-8,12,15H,3-4,9-11H2,(H,25,26). The molecule has 0 radical (unpaired) electrons. The number of fused-ring (bicyclic) bond motifs is 4. The number of para-hydroxylation sites is 2. The van der Waals surface area contributed by atoms with Crippen LogP contribution in [0.15, 0.2) is 42.5 Å². The Labute approximate surface area is 157 Å². The summed E-state index contributed by atoms with van der Waals surface area (Å²) in [6, 6.07) is 15.3. The maximum Gasteiger partial charge on any atom is 0.409 e. The van der Waals surface area contributed by atoms with Crippen LogP contribution in [0.2, 0.25) is 0 Å². The van der Waals surface area contributed by atoms with Crippen molar-refractivity contribution in [2.24, 2.45) is 0 Å². The third-order valence-electron chi connectivity index (χ3n) is 6.08. The molecule has 0 saturated carbocycles. The van der Waals surface area contributed by atoms with E-state index in [-0.39, 0.29) is 6.04 Å². The Morgan fingerprint density at radius 1 is 1.15 bits per heavy atom. The van der Waals surface area contributed by atoms with Gasteiger partial charge in [0.25, 0.3) is 0 Å². The number of nitrogens with zero attached hydrogens (tertiary/aromatic N) is 3. The Kier molecular flexibility index (Phi) is 3.35. The maximum absolute atomic E-state index is 12.2. The molecule has 0 aliphatic carbocycles. The van der Waals surface area contributed by atoms with Crippen LogP contribution in [0.3, 0.4) is 0 Å². The van der Waals surface area contributed by atoms with Crippen LogP contribution in [0.1, 0.15) is 37.7 Å². The summed E-state index contributed by atoms with van der Waals surface area (Å²) in [6.45, 7) is 0. The lowest BCUT2D eigenvalue weighted by Crippen LogP contribution is -2.61. The van der Waals surface area contributed by atoms with Crippen LogP contribution in [0, 0.1) is 11.3 Å². The third kappa shape index (κ3) is 2.15. The summed E-state index contributed by atoms with van der Waals surface area (Å²) in [5.74, 6) is 1.29. The molecule has 3 heterocycles. The first kappa shape index (κ1) is 16.0. The van der Waals surface area contributed by atoms with Gasteiger partial charge in [0.05, 0.1) is 23.0 Å². The molecule has 136 valence electrons. The van der Waals surface area contributed by atoms with E-state index >= 15 is 0 Å². The van der Waals surface area contributed by atoms with Crippen molar-refractivity contribution in [3.63, 3.8) is 0 Å². The van der Waals surface area contributed by atoms with Gasteiger partial charge in [-0.25, -0.2) is 4.79 Å². The molecule has 6 heteroatoms.